The lowest BCUT2D eigenvalue weighted by Crippen LogP contribution is -2.38. The van der Waals surface area contributed by atoms with Crippen LogP contribution in [0.4, 0.5) is 0 Å². The van der Waals surface area contributed by atoms with Crippen molar-refractivity contribution in [1.82, 2.24) is 9.80 Å². The normalized spacial score (nSPS) is 13.2. The molecule has 0 bridgehead atoms. The zero-order chi connectivity index (χ0) is 12.5. The first kappa shape index (κ1) is 12.2. The molecule has 0 N–H and O–H groups in total. The Morgan fingerprint density at radius 2 is 1.00 bits per heavy atom. The minimum atomic E-state index is -0.730. The molecule has 0 saturated carbocycles. The van der Waals surface area contributed by atoms with Crippen molar-refractivity contribution in [2.24, 2.45) is 0 Å². The summed E-state index contributed by atoms with van der Waals surface area (Å²) in [6.45, 7) is 0. The molecule has 1 aromatic rings. The number of rotatable bonds is 2. The van der Waals surface area contributed by atoms with E-state index < -0.39 is 16.3 Å². The van der Waals surface area contributed by atoms with Gasteiger partial charge in [0.25, 0.3) is 0 Å². The lowest BCUT2D eigenvalue weighted by Gasteiger charge is -2.01. The van der Waals surface area contributed by atoms with Crippen molar-refractivity contribution in [3.05, 3.63) is 41.1 Å². The molecule has 0 saturated heterocycles. The monoisotopic (exact) mass is 222 g/mol. The van der Waals surface area contributed by atoms with Crippen LogP contribution in [0.1, 0.15) is 0 Å². The lowest BCUT2D eigenvalue weighted by atomic mass is 10.4. The molecule has 0 aliphatic carbocycles. The molecule has 0 aromatic heterocycles. The third-order valence-electron chi connectivity index (χ3n) is 1.96. The first-order valence-corrected chi connectivity index (χ1v) is 4.74. The van der Waals surface area contributed by atoms with Crippen LogP contribution in [0.15, 0.2) is 14.4 Å². The molecule has 1 aromatic carbocycles. The highest BCUT2D eigenvalue weighted by Crippen LogP contribution is 1.69. The van der Waals surface area contributed by atoms with Crippen LogP contribution in [0, 0.1) is 0 Å². The maximum Gasteiger partial charge on any atom is 0.239 e. The van der Waals surface area contributed by atoms with Gasteiger partial charge in [0, 0.05) is 40.6 Å². The summed E-state index contributed by atoms with van der Waals surface area (Å²) in [4.78, 5) is 37.9. The van der Waals surface area contributed by atoms with Crippen LogP contribution in [-0.4, -0.2) is 38.0 Å². The number of hydrogen-bond donors (Lipinski definition) is 0. The molecule has 0 radical (unpaired) electrons. The highest BCUT2D eigenvalue weighted by Gasteiger charge is 2.08. The van der Waals surface area contributed by atoms with Crippen LogP contribution < -0.4 is 26.7 Å². The van der Waals surface area contributed by atoms with Gasteiger partial charge in [0.2, 0.25) is 16.3 Å². The molecule has 0 spiro atoms. The molecule has 0 aliphatic rings. The SMILES string of the molecule is CN(C)C=c1c(=O)c(=O)/c(=C\N(C)C)c1=O. The third kappa shape index (κ3) is 2.18. The molecule has 0 amide bonds. The Labute approximate surface area is 92.2 Å². The van der Waals surface area contributed by atoms with E-state index in [9.17, 15) is 14.4 Å². The van der Waals surface area contributed by atoms with Crippen LogP contribution in [0.5, 0.6) is 0 Å². The van der Waals surface area contributed by atoms with E-state index in [1.807, 2.05) is 0 Å². The summed E-state index contributed by atoms with van der Waals surface area (Å²) in [5.41, 5.74) is -1.96. The average Bonchev–Trinajstić information content (AvgIpc) is 2.34. The van der Waals surface area contributed by atoms with E-state index in [1.165, 1.54) is 12.4 Å². The first-order valence-electron chi connectivity index (χ1n) is 4.74. The van der Waals surface area contributed by atoms with Gasteiger partial charge in [-0.05, 0) is 0 Å². The van der Waals surface area contributed by atoms with Gasteiger partial charge in [-0.2, -0.15) is 0 Å². The molecule has 1 rings (SSSR count). The van der Waals surface area contributed by atoms with E-state index in [-0.39, 0.29) is 10.4 Å². The standard InChI is InChI=1S/C11H14N2O3/c1-12(2)5-7-9(14)8(6-13(3)4)11(16)10(7)15/h5-6H,1-4H3/b7-5-,8-6?. The summed E-state index contributed by atoms with van der Waals surface area (Å²) >= 11 is 0. The first-order chi connectivity index (χ1) is 7.34. The van der Waals surface area contributed by atoms with Crippen molar-refractivity contribution in [2.45, 2.75) is 0 Å². The van der Waals surface area contributed by atoms with Gasteiger partial charge in [-0.1, -0.05) is 0 Å². The van der Waals surface area contributed by atoms with Crippen molar-refractivity contribution < 1.29 is 0 Å². The maximum absolute atomic E-state index is 11.8. The fourth-order valence-electron chi connectivity index (χ4n) is 1.35. The fraction of sp³-hybridized carbons (Fsp3) is 0.364. The second-order valence-electron chi connectivity index (χ2n) is 4.00. The Balaban J connectivity index is 3.82. The summed E-state index contributed by atoms with van der Waals surface area (Å²) in [5.74, 6) is 0. The Morgan fingerprint density at radius 3 is 1.25 bits per heavy atom. The summed E-state index contributed by atoms with van der Waals surface area (Å²) in [7, 11) is 6.74. The zero-order valence-corrected chi connectivity index (χ0v) is 9.77. The van der Waals surface area contributed by atoms with Gasteiger partial charge in [-0.15, -0.1) is 0 Å². The second kappa shape index (κ2) is 4.30. The van der Waals surface area contributed by atoms with Gasteiger partial charge >= 0.3 is 0 Å². The van der Waals surface area contributed by atoms with Gasteiger partial charge in [0.05, 0.1) is 10.4 Å². The molecule has 86 valence electrons. The van der Waals surface area contributed by atoms with Gasteiger partial charge in [-0.3, -0.25) is 14.4 Å². The fourth-order valence-corrected chi connectivity index (χ4v) is 1.35. The van der Waals surface area contributed by atoms with Crippen molar-refractivity contribution in [1.29, 1.82) is 0 Å². The highest BCUT2D eigenvalue weighted by molar-refractivity contribution is 5.29. The quantitative estimate of drug-likeness (QED) is 0.507. The molecule has 0 atom stereocenters. The minimum absolute atomic E-state index is 0.0666. The van der Waals surface area contributed by atoms with Crippen LogP contribution in [0.25, 0.3) is 12.4 Å². The summed E-state index contributed by atoms with van der Waals surface area (Å²) in [6, 6.07) is 0. The molecule has 0 heterocycles. The number of hydrogen-bond acceptors (Lipinski definition) is 5. The van der Waals surface area contributed by atoms with E-state index in [4.69, 9.17) is 0 Å². The molecule has 5 heteroatoms. The molecule has 0 aliphatic heterocycles. The van der Waals surface area contributed by atoms with Gasteiger partial charge in [-0.25, -0.2) is 0 Å². The van der Waals surface area contributed by atoms with Crippen molar-refractivity contribution in [3.63, 3.8) is 0 Å². The van der Waals surface area contributed by atoms with E-state index in [2.05, 4.69) is 0 Å². The zero-order valence-electron chi connectivity index (χ0n) is 9.77. The van der Waals surface area contributed by atoms with E-state index >= 15 is 0 Å². The van der Waals surface area contributed by atoms with Crippen LogP contribution in [0.2, 0.25) is 0 Å². The summed E-state index contributed by atoms with van der Waals surface area (Å²) in [6.07, 6.45) is 2.75. The average molecular weight is 222 g/mol. The Hall–Kier alpha value is -1.91. The third-order valence-corrected chi connectivity index (χ3v) is 1.96. The summed E-state index contributed by atoms with van der Waals surface area (Å²) < 4.78 is 0. The van der Waals surface area contributed by atoms with E-state index in [0.717, 1.165) is 0 Å². The molecular formula is C11H14N2O3. The van der Waals surface area contributed by atoms with Crippen LogP contribution in [-0.2, 0) is 0 Å². The summed E-state index contributed by atoms with van der Waals surface area (Å²) in [5, 5.41) is -0.133. The highest BCUT2D eigenvalue weighted by atomic mass is 16.2. The van der Waals surface area contributed by atoms with Crippen LogP contribution >= 0.6 is 0 Å². The number of nitrogens with zero attached hydrogens (tertiary/aromatic N) is 2. The topological polar surface area (TPSA) is 57.7 Å². The van der Waals surface area contributed by atoms with Crippen LogP contribution in [0.3, 0.4) is 0 Å². The largest absolute Gasteiger partial charge is 0.383 e. The predicted molar refractivity (Wildman–Crippen MR) is 63.2 cm³/mol. The molecular weight excluding hydrogens is 208 g/mol. The predicted octanol–water partition coefficient (Wildman–Crippen LogP) is -2.76. The van der Waals surface area contributed by atoms with Gasteiger partial charge in [0.1, 0.15) is 0 Å². The van der Waals surface area contributed by atoms with Gasteiger partial charge < -0.3 is 9.80 Å². The van der Waals surface area contributed by atoms with Gasteiger partial charge in [0.15, 0.2) is 0 Å². The Morgan fingerprint density at radius 1 is 0.688 bits per heavy atom. The smallest absolute Gasteiger partial charge is 0.239 e. The lowest BCUT2D eigenvalue weighted by molar-refractivity contribution is 0.612. The molecule has 5 nitrogen and oxygen atoms in total. The maximum atomic E-state index is 11.8. The Bertz CT molecular complexity index is 580. The van der Waals surface area contributed by atoms with Crippen molar-refractivity contribution in [2.75, 3.05) is 28.2 Å². The van der Waals surface area contributed by atoms with Crippen molar-refractivity contribution >= 4 is 12.4 Å². The van der Waals surface area contributed by atoms with E-state index in [0.29, 0.717) is 0 Å². The van der Waals surface area contributed by atoms with E-state index in [1.54, 1.807) is 38.0 Å². The molecule has 0 fully saturated rings. The molecule has 16 heavy (non-hydrogen) atoms. The minimum Gasteiger partial charge on any atom is -0.383 e. The Kier molecular flexibility index (Phi) is 3.27. The molecule has 0 unspecified atom stereocenters. The van der Waals surface area contributed by atoms with Crippen molar-refractivity contribution in [3.8, 4) is 0 Å². The second-order valence-corrected chi connectivity index (χ2v) is 4.00.